The molecule has 1 saturated heterocycles. The highest BCUT2D eigenvalue weighted by Gasteiger charge is 2.34. The molecule has 0 radical (unpaired) electrons. The van der Waals surface area contributed by atoms with Gasteiger partial charge in [-0.25, -0.2) is 4.98 Å². The fourth-order valence-corrected chi connectivity index (χ4v) is 3.88. The summed E-state index contributed by atoms with van der Waals surface area (Å²) in [5.74, 6) is 0.927. The molecule has 0 aliphatic carbocycles. The number of thiazole rings is 1. The Morgan fingerprint density at radius 1 is 1.29 bits per heavy atom. The van der Waals surface area contributed by atoms with Crippen molar-refractivity contribution in [2.24, 2.45) is 0 Å². The van der Waals surface area contributed by atoms with Crippen molar-refractivity contribution in [3.8, 4) is 5.75 Å². The lowest BCUT2D eigenvalue weighted by atomic mass is 9.74. The van der Waals surface area contributed by atoms with Crippen molar-refractivity contribution in [3.05, 3.63) is 40.9 Å². The molecule has 0 amide bonds. The van der Waals surface area contributed by atoms with Crippen molar-refractivity contribution in [3.63, 3.8) is 0 Å². The molecular formula is C18H25N3O2S. The maximum Gasteiger partial charge on any atom is 0.180 e. The molecule has 0 saturated carbocycles. The van der Waals surface area contributed by atoms with E-state index in [2.05, 4.69) is 34.6 Å². The van der Waals surface area contributed by atoms with E-state index < -0.39 is 0 Å². The van der Waals surface area contributed by atoms with Crippen LogP contribution in [0, 0.1) is 0 Å². The van der Waals surface area contributed by atoms with Crippen molar-refractivity contribution in [2.75, 3.05) is 32.1 Å². The predicted molar refractivity (Wildman–Crippen MR) is 97.6 cm³/mol. The third kappa shape index (κ3) is 4.06. The molecule has 24 heavy (non-hydrogen) atoms. The van der Waals surface area contributed by atoms with Crippen LogP contribution in [-0.2, 0) is 16.7 Å². The SMILES string of the molecule is CCOc1ccc(C2(CNCc3cnc(N)s3)CCOCC2)cc1. The number of nitrogens with two attached hydrogens (primary N) is 1. The van der Waals surface area contributed by atoms with Gasteiger partial charge in [0.2, 0.25) is 0 Å². The normalized spacial score (nSPS) is 16.9. The second-order valence-electron chi connectivity index (χ2n) is 6.12. The average Bonchev–Trinajstić information content (AvgIpc) is 3.02. The molecule has 6 heteroatoms. The predicted octanol–water partition coefficient (Wildman–Crippen LogP) is 2.96. The molecule has 1 aliphatic heterocycles. The molecular weight excluding hydrogens is 322 g/mol. The van der Waals surface area contributed by atoms with Crippen LogP contribution in [0.25, 0.3) is 0 Å². The minimum Gasteiger partial charge on any atom is -0.494 e. The van der Waals surface area contributed by atoms with Gasteiger partial charge in [-0.15, -0.1) is 11.3 Å². The molecule has 130 valence electrons. The highest BCUT2D eigenvalue weighted by molar-refractivity contribution is 7.15. The van der Waals surface area contributed by atoms with E-state index in [4.69, 9.17) is 15.2 Å². The second-order valence-corrected chi connectivity index (χ2v) is 7.27. The Labute approximate surface area is 147 Å². The van der Waals surface area contributed by atoms with Crippen molar-refractivity contribution < 1.29 is 9.47 Å². The molecule has 0 bridgehead atoms. The molecule has 5 nitrogen and oxygen atoms in total. The number of benzene rings is 1. The van der Waals surface area contributed by atoms with Crippen LogP contribution in [0.5, 0.6) is 5.75 Å². The number of hydrogen-bond donors (Lipinski definition) is 2. The van der Waals surface area contributed by atoms with E-state index in [1.54, 1.807) is 0 Å². The first-order chi connectivity index (χ1) is 11.7. The van der Waals surface area contributed by atoms with Gasteiger partial charge in [0.05, 0.1) is 6.61 Å². The summed E-state index contributed by atoms with van der Waals surface area (Å²) in [6.07, 6.45) is 3.90. The first kappa shape index (κ1) is 17.2. The molecule has 3 N–H and O–H groups in total. The number of hydrogen-bond acceptors (Lipinski definition) is 6. The maximum atomic E-state index is 5.70. The molecule has 3 rings (SSSR count). The zero-order valence-electron chi connectivity index (χ0n) is 14.1. The Balaban J connectivity index is 1.69. The summed E-state index contributed by atoms with van der Waals surface area (Å²) >= 11 is 1.54. The van der Waals surface area contributed by atoms with Gasteiger partial charge in [-0.3, -0.25) is 0 Å². The average molecular weight is 347 g/mol. The van der Waals surface area contributed by atoms with E-state index >= 15 is 0 Å². The van der Waals surface area contributed by atoms with Gasteiger partial charge in [-0.05, 0) is 37.5 Å². The molecule has 2 aromatic rings. The van der Waals surface area contributed by atoms with Crippen molar-refractivity contribution in [1.82, 2.24) is 10.3 Å². The summed E-state index contributed by atoms with van der Waals surface area (Å²) in [6, 6.07) is 8.53. The lowest BCUT2D eigenvalue weighted by molar-refractivity contribution is 0.0498. The summed E-state index contributed by atoms with van der Waals surface area (Å²) in [6.45, 7) is 6.03. The lowest BCUT2D eigenvalue weighted by Crippen LogP contribution is -2.42. The number of ether oxygens (including phenoxy) is 2. The van der Waals surface area contributed by atoms with Gasteiger partial charge in [-0.1, -0.05) is 12.1 Å². The van der Waals surface area contributed by atoms with Crippen LogP contribution < -0.4 is 15.8 Å². The zero-order valence-corrected chi connectivity index (χ0v) is 14.9. The summed E-state index contributed by atoms with van der Waals surface area (Å²) in [5, 5.41) is 4.22. The van der Waals surface area contributed by atoms with Gasteiger partial charge in [0.1, 0.15) is 5.75 Å². The first-order valence-corrected chi connectivity index (χ1v) is 9.25. The maximum absolute atomic E-state index is 5.70. The van der Waals surface area contributed by atoms with Crippen LogP contribution in [0.15, 0.2) is 30.5 Å². The first-order valence-electron chi connectivity index (χ1n) is 8.44. The van der Waals surface area contributed by atoms with E-state index in [0.29, 0.717) is 11.7 Å². The standard InChI is InChI=1S/C18H25N3O2S/c1-2-23-15-5-3-14(4-6-15)18(7-9-22-10-8-18)13-20-11-16-12-21-17(19)24-16/h3-6,12,20H,2,7-11,13H2,1H3,(H2,19,21). The van der Waals surface area contributed by atoms with Crippen LogP contribution in [0.3, 0.4) is 0 Å². The van der Waals surface area contributed by atoms with Crippen LogP contribution in [0.4, 0.5) is 5.13 Å². The molecule has 1 aromatic heterocycles. The molecule has 1 fully saturated rings. The van der Waals surface area contributed by atoms with Crippen molar-refractivity contribution in [2.45, 2.75) is 31.7 Å². The highest BCUT2D eigenvalue weighted by atomic mass is 32.1. The fraction of sp³-hybridized carbons (Fsp3) is 0.500. The van der Waals surface area contributed by atoms with Crippen molar-refractivity contribution in [1.29, 1.82) is 0 Å². The molecule has 1 aromatic carbocycles. The van der Waals surface area contributed by atoms with Crippen LogP contribution in [0.1, 0.15) is 30.2 Å². The van der Waals surface area contributed by atoms with Gasteiger partial charge in [-0.2, -0.15) is 0 Å². The van der Waals surface area contributed by atoms with Crippen LogP contribution >= 0.6 is 11.3 Å². The summed E-state index contributed by atoms with van der Waals surface area (Å²) < 4.78 is 11.2. The number of nitrogen functional groups attached to an aromatic ring is 1. The number of anilines is 1. The molecule has 0 spiro atoms. The Hall–Kier alpha value is -1.63. The number of aromatic nitrogens is 1. The zero-order chi connectivity index (χ0) is 16.8. The molecule has 1 aliphatic rings. The summed E-state index contributed by atoms with van der Waals surface area (Å²) in [7, 11) is 0. The van der Waals surface area contributed by atoms with Crippen molar-refractivity contribution >= 4 is 16.5 Å². The molecule has 2 heterocycles. The minimum atomic E-state index is 0.110. The van der Waals surface area contributed by atoms with Gasteiger partial charge in [0.25, 0.3) is 0 Å². The lowest BCUT2D eigenvalue weighted by Gasteiger charge is -2.38. The van der Waals surface area contributed by atoms with Gasteiger partial charge < -0.3 is 20.5 Å². The van der Waals surface area contributed by atoms with E-state index in [1.165, 1.54) is 21.8 Å². The van der Waals surface area contributed by atoms with E-state index in [-0.39, 0.29) is 5.41 Å². The third-order valence-electron chi connectivity index (χ3n) is 4.56. The van der Waals surface area contributed by atoms with E-state index in [0.717, 1.165) is 44.9 Å². The Morgan fingerprint density at radius 2 is 2.04 bits per heavy atom. The smallest absolute Gasteiger partial charge is 0.180 e. The molecule has 0 unspecified atom stereocenters. The number of rotatable bonds is 7. The Bertz CT molecular complexity index is 636. The Morgan fingerprint density at radius 3 is 2.67 bits per heavy atom. The van der Waals surface area contributed by atoms with Crippen LogP contribution in [-0.4, -0.2) is 31.3 Å². The molecule has 0 atom stereocenters. The third-order valence-corrected chi connectivity index (χ3v) is 5.39. The topological polar surface area (TPSA) is 69.4 Å². The fourth-order valence-electron chi connectivity index (χ4n) is 3.23. The van der Waals surface area contributed by atoms with Gasteiger partial charge in [0, 0.05) is 42.8 Å². The Kier molecular flexibility index (Phi) is 5.71. The highest BCUT2D eigenvalue weighted by Crippen LogP contribution is 2.35. The van der Waals surface area contributed by atoms with Gasteiger partial charge in [0.15, 0.2) is 5.13 Å². The number of nitrogens with zero attached hydrogens (tertiary/aromatic N) is 1. The number of nitrogens with one attached hydrogen (secondary N) is 1. The van der Waals surface area contributed by atoms with E-state index in [1.807, 2.05) is 13.1 Å². The van der Waals surface area contributed by atoms with Gasteiger partial charge >= 0.3 is 0 Å². The second kappa shape index (κ2) is 7.96. The summed E-state index contributed by atoms with van der Waals surface area (Å²) in [4.78, 5) is 5.28. The largest absolute Gasteiger partial charge is 0.494 e. The van der Waals surface area contributed by atoms with Crippen LogP contribution in [0.2, 0.25) is 0 Å². The monoisotopic (exact) mass is 347 g/mol. The summed E-state index contributed by atoms with van der Waals surface area (Å²) in [5.41, 5.74) is 7.16. The minimum absolute atomic E-state index is 0.110. The quantitative estimate of drug-likeness (QED) is 0.806. The van der Waals surface area contributed by atoms with E-state index in [9.17, 15) is 0 Å².